The number of amides is 1. The highest BCUT2D eigenvalue weighted by atomic mass is 16.3. The normalized spacial score (nSPS) is 21.2. The van der Waals surface area contributed by atoms with Crippen LogP contribution >= 0.6 is 0 Å². The van der Waals surface area contributed by atoms with Crippen molar-refractivity contribution in [1.29, 1.82) is 0 Å². The molecule has 1 amide bonds. The molecule has 1 atom stereocenters. The molecule has 1 unspecified atom stereocenters. The van der Waals surface area contributed by atoms with E-state index >= 15 is 0 Å². The molecule has 1 aromatic heterocycles. The number of carbonyl (C=O) groups excluding carboxylic acids is 1. The number of nitrogens with zero attached hydrogens (tertiary/aromatic N) is 3. The third-order valence-corrected chi connectivity index (χ3v) is 4.48. The van der Waals surface area contributed by atoms with Crippen LogP contribution in [0, 0.1) is 0 Å². The standard InChI is InChI=1S/C17H20N4O2/c18-15-14(19-8-9-20-15)16(23)21-10-4-7-17(11-21,12-22)13-5-2-1-3-6-13/h1-3,5-6,8-9,22H,4,7,10-12H2,(H2,18,20). The van der Waals surface area contributed by atoms with Gasteiger partial charge < -0.3 is 15.7 Å². The lowest BCUT2D eigenvalue weighted by Crippen LogP contribution is -2.50. The number of piperidine rings is 1. The second-order valence-electron chi connectivity index (χ2n) is 5.92. The summed E-state index contributed by atoms with van der Waals surface area (Å²) >= 11 is 0. The van der Waals surface area contributed by atoms with Gasteiger partial charge in [-0.05, 0) is 18.4 Å². The fraction of sp³-hybridized carbons (Fsp3) is 0.353. The van der Waals surface area contributed by atoms with E-state index in [1.54, 1.807) is 4.90 Å². The van der Waals surface area contributed by atoms with Crippen LogP contribution < -0.4 is 5.73 Å². The summed E-state index contributed by atoms with van der Waals surface area (Å²) in [5, 5.41) is 10.0. The molecule has 0 radical (unpaired) electrons. The van der Waals surface area contributed by atoms with E-state index in [0.29, 0.717) is 13.1 Å². The van der Waals surface area contributed by atoms with Crippen LogP contribution in [0.5, 0.6) is 0 Å². The second-order valence-corrected chi connectivity index (χ2v) is 5.92. The van der Waals surface area contributed by atoms with Crippen LogP contribution in [-0.2, 0) is 5.41 Å². The fourth-order valence-corrected chi connectivity index (χ4v) is 3.22. The van der Waals surface area contributed by atoms with E-state index in [0.717, 1.165) is 18.4 Å². The number of rotatable bonds is 3. The van der Waals surface area contributed by atoms with Crippen molar-refractivity contribution < 1.29 is 9.90 Å². The topological polar surface area (TPSA) is 92.3 Å². The average molecular weight is 312 g/mol. The Bertz CT molecular complexity index is 692. The summed E-state index contributed by atoms with van der Waals surface area (Å²) in [4.78, 5) is 22.4. The molecule has 1 aliphatic rings. The Kier molecular flexibility index (Phi) is 4.25. The predicted octanol–water partition coefficient (Wildman–Crippen LogP) is 1.23. The SMILES string of the molecule is Nc1nccnc1C(=O)N1CCCC(CO)(c2ccccc2)C1. The summed E-state index contributed by atoms with van der Waals surface area (Å²) in [5.74, 6) is -0.0959. The predicted molar refractivity (Wildman–Crippen MR) is 86.8 cm³/mol. The molecule has 6 nitrogen and oxygen atoms in total. The number of aliphatic hydroxyl groups excluding tert-OH is 1. The van der Waals surface area contributed by atoms with Crippen LogP contribution in [0.15, 0.2) is 42.7 Å². The quantitative estimate of drug-likeness (QED) is 0.889. The van der Waals surface area contributed by atoms with E-state index in [1.165, 1.54) is 12.4 Å². The van der Waals surface area contributed by atoms with Gasteiger partial charge in [0.05, 0.1) is 6.61 Å². The number of nitrogens with two attached hydrogens (primary N) is 1. The highest BCUT2D eigenvalue weighted by molar-refractivity contribution is 5.96. The molecule has 2 aromatic rings. The van der Waals surface area contributed by atoms with Gasteiger partial charge in [0.15, 0.2) is 11.5 Å². The van der Waals surface area contributed by atoms with E-state index in [1.807, 2.05) is 30.3 Å². The first-order valence-corrected chi connectivity index (χ1v) is 7.68. The summed E-state index contributed by atoms with van der Waals surface area (Å²) < 4.78 is 0. The molecular formula is C17H20N4O2. The molecule has 1 fully saturated rings. The molecule has 6 heteroatoms. The summed E-state index contributed by atoms with van der Waals surface area (Å²) in [6.07, 6.45) is 4.59. The zero-order valence-corrected chi connectivity index (χ0v) is 12.9. The first-order chi connectivity index (χ1) is 11.2. The summed E-state index contributed by atoms with van der Waals surface area (Å²) in [5.41, 5.74) is 6.55. The van der Waals surface area contributed by atoms with Crippen molar-refractivity contribution in [2.24, 2.45) is 0 Å². The maximum Gasteiger partial charge on any atom is 0.276 e. The van der Waals surface area contributed by atoms with Crippen molar-refractivity contribution in [1.82, 2.24) is 14.9 Å². The summed E-state index contributed by atoms with van der Waals surface area (Å²) in [6, 6.07) is 9.85. The molecule has 1 aromatic carbocycles. The maximum atomic E-state index is 12.7. The van der Waals surface area contributed by atoms with Gasteiger partial charge in [0.1, 0.15) is 0 Å². The molecular weight excluding hydrogens is 292 g/mol. The van der Waals surface area contributed by atoms with Crippen LogP contribution in [0.4, 0.5) is 5.82 Å². The van der Waals surface area contributed by atoms with Crippen LogP contribution in [0.25, 0.3) is 0 Å². The van der Waals surface area contributed by atoms with Crippen molar-refractivity contribution in [2.75, 3.05) is 25.4 Å². The first kappa shape index (κ1) is 15.4. The molecule has 120 valence electrons. The largest absolute Gasteiger partial charge is 0.395 e. The summed E-state index contributed by atoms with van der Waals surface area (Å²) in [7, 11) is 0. The molecule has 0 aliphatic carbocycles. The number of hydrogen-bond acceptors (Lipinski definition) is 5. The number of likely N-dealkylation sites (tertiary alicyclic amines) is 1. The number of nitrogen functional groups attached to an aromatic ring is 1. The number of hydrogen-bond donors (Lipinski definition) is 2. The molecule has 3 N–H and O–H groups in total. The fourth-order valence-electron chi connectivity index (χ4n) is 3.22. The zero-order valence-electron chi connectivity index (χ0n) is 12.9. The molecule has 0 bridgehead atoms. The Morgan fingerprint density at radius 2 is 2.00 bits per heavy atom. The second kappa shape index (κ2) is 6.34. The Balaban J connectivity index is 1.88. The van der Waals surface area contributed by atoms with E-state index in [-0.39, 0.29) is 24.0 Å². The van der Waals surface area contributed by atoms with Crippen LogP contribution in [-0.4, -0.2) is 45.6 Å². The van der Waals surface area contributed by atoms with Gasteiger partial charge in [0.25, 0.3) is 5.91 Å². The van der Waals surface area contributed by atoms with E-state index < -0.39 is 5.41 Å². The smallest absolute Gasteiger partial charge is 0.276 e. The number of aliphatic hydroxyl groups is 1. The molecule has 0 spiro atoms. The molecule has 2 heterocycles. The number of carbonyl (C=O) groups is 1. The minimum atomic E-state index is -0.438. The molecule has 0 saturated carbocycles. The highest BCUT2D eigenvalue weighted by Gasteiger charge is 2.39. The van der Waals surface area contributed by atoms with Crippen molar-refractivity contribution in [3.8, 4) is 0 Å². The van der Waals surface area contributed by atoms with E-state index in [2.05, 4.69) is 9.97 Å². The van der Waals surface area contributed by atoms with Crippen molar-refractivity contribution in [3.05, 3.63) is 54.0 Å². The number of aromatic nitrogens is 2. The van der Waals surface area contributed by atoms with Crippen molar-refractivity contribution in [3.63, 3.8) is 0 Å². The molecule has 1 saturated heterocycles. The van der Waals surface area contributed by atoms with Gasteiger partial charge in [-0.1, -0.05) is 30.3 Å². The van der Waals surface area contributed by atoms with Crippen LogP contribution in [0.2, 0.25) is 0 Å². The Morgan fingerprint density at radius 1 is 1.26 bits per heavy atom. The lowest BCUT2D eigenvalue weighted by Gasteiger charge is -2.42. The van der Waals surface area contributed by atoms with Gasteiger partial charge in [-0.3, -0.25) is 4.79 Å². The molecule has 23 heavy (non-hydrogen) atoms. The maximum absolute atomic E-state index is 12.7. The van der Waals surface area contributed by atoms with Gasteiger partial charge in [-0.25, -0.2) is 9.97 Å². The van der Waals surface area contributed by atoms with Gasteiger partial charge in [-0.2, -0.15) is 0 Å². The minimum Gasteiger partial charge on any atom is -0.395 e. The van der Waals surface area contributed by atoms with E-state index in [4.69, 9.17) is 5.73 Å². The Labute approximate surface area is 135 Å². The van der Waals surface area contributed by atoms with Gasteiger partial charge >= 0.3 is 0 Å². The van der Waals surface area contributed by atoms with Gasteiger partial charge in [-0.15, -0.1) is 0 Å². The highest BCUT2D eigenvalue weighted by Crippen LogP contribution is 2.34. The van der Waals surface area contributed by atoms with Crippen LogP contribution in [0.1, 0.15) is 28.9 Å². The molecule has 1 aliphatic heterocycles. The third kappa shape index (κ3) is 2.90. The van der Waals surface area contributed by atoms with Gasteiger partial charge in [0, 0.05) is 30.9 Å². The number of benzene rings is 1. The zero-order chi connectivity index (χ0) is 16.3. The number of anilines is 1. The monoisotopic (exact) mass is 312 g/mol. The minimum absolute atomic E-state index is 0.00323. The van der Waals surface area contributed by atoms with Crippen molar-refractivity contribution >= 4 is 11.7 Å². The lowest BCUT2D eigenvalue weighted by molar-refractivity contribution is 0.0538. The average Bonchev–Trinajstić information content (AvgIpc) is 2.62. The lowest BCUT2D eigenvalue weighted by atomic mass is 9.74. The third-order valence-electron chi connectivity index (χ3n) is 4.48. The Morgan fingerprint density at radius 3 is 2.70 bits per heavy atom. The Hall–Kier alpha value is -2.47. The first-order valence-electron chi connectivity index (χ1n) is 7.68. The van der Waals surface area contributed by atoms with Crippen molar-refractivity contribution in [2.45, 2.75) is 18.3 Å². The van der Waals surface area contributed by atoms with Gasteiger partial charge in [0.2, 0.25) is 0 Å². The van der Waals surface area contributed by atoms with E-state index in [9.17, 15) is 9.90 Å². The summed E-state index contributed by atoms with van der Waals surface area (Å²) in [6.45, 7) is 1.07. The molecule has 3 rings (SSSR count). The van der Waals surface area contributed by atoms with Crippen LogP contribution in [0.3, 0.4) is 0 Å².